The van der Waals surface area contributed by atoms with Gasteiger partial charge in [0.05, 0.1) is 25.0 Å². The number of hydrogen-bond acceptors (Lipinski definition) is 4. The van der Waals surface area contributed by atoms with Crippen LogP contribution in [0.15, 0.2) is 6.20 Å². The first-order chi connectivity index (χ1) is 9.15. The lowest BCUT2D eigenvalue weighted by atomic mass is 10.2. The molecule has 0 spiro atoms. The number of methoxy groups -OCH3 is 1. The summed E-state index contributed by atoms with van der Waals surface area (Å²) in [5.74, 6) is 3.06. The number of nitrogens with one attached hydrogen (secondary N) is 1. The molecule has 1 rings (SSSR count). The molecule has 1 unspecified atom stereocenters. The first kappa shape index (κ1) is 16.4. The van der Waals surface area contributed by atoms with Crippen LogP contribution in [-0.2, 0) is 0 Å². The third-order valence-corrected chi connectivity index (χ3v) is 3.94. The lowest BCUT2D eigenvalue weighted by Gasteiger charge is -2.22. The monoisotopic (exact) mass is 285 g/mol. The Labute approximate surface area is 121 Å². The lowest BCUT2D eigenvalue weighted by Crippen LogP contribution is -2.27. The molecular formula is C14H27N3OS. The number of hydrogen-bond donors (Lipinski definition) is 1. The van der Waals surface area contributed by atoms with Crippen molar-refractivity contribution in [3.63, 3.8) is 0 Å². The van der Waals surface area contributed by atoms with E-state index in [-0.39, 0.29) is 0 Å². The minimum Gasteiger partial charge on any atom is -0.493 e. The molecule has 0 aromatic carbocycles. The largest absolute Gasteiger partial charge is 0.493 e. The van der Waals surface area contributed by atoms with Crippen molar-refractivity contribution in [3.05, 3.63) is 11.9 Å². The van der Waals surface area contributed by atoms with Gasteiger partial charge >= 0.3 is 0 Å². The molecular weight excluding hydrogens is 258 g/mol. The van der Waals surface area contributed by atoms with Gasteiger partial charge in [-0.1, -0.05) is 13.8 Å². The van der Waals surface area contributed by atoms with Crippen LogP contribution in [0.2, 0.25) is 0 Å². The van der Waals surface area contributed by atoms with Crippen LogP contribution >= 0.6 is 11.8 Å². The predicted molar refractivity (Wildman–Crippen MR) is 83.2 cm³/mol. The number of nitrogens with zero attached hydrogens (tertiary/aromatic N) is 2. The van der Waals surface area contributed by atoms with Gasteiger partial charge in [-0.3, -0.25) is 4.68 Å². The molecule has 1 atom stereocenters. The van der Waals surface area contributed by atoms with Gasteiger partial charge in [-0.2, -0.15) is 16.9 Å². The Morgan fingerprint density at radius 1 is 1.42 bits per heavy atom. The van der Waals surface area contributed by atoms with E-state index in [1.807, 2.05) is 18.0 Å². The molecule has 0 aliphatic heterocycles. The maximum atomic E-state index is 5.48. The maximum Gasteiger partial charge on any atom is 0.161 e. The average Bonchev–Trinajstić information content (AvgIpc) is 2.83. The Balaban J connectivity index is 2.99. The Morgan fingerprint density at radius 2 is 2.16 bits per heavy atom. The van der Waals surface area contributed by atoms with Gasteiger partial charge in [-0.25, -0.2) is 0 Å². The van der Waals surface area contributed by atoms with Crippen LogP contribution in [0.4, 0.5) is 0 Å². The van der Waals surface area contributed by atoms with Crippen molar-refractivity contribution in [2.45, 2.75) is 46.2 Å². The zero-order chi connectivity index (χ0) is 14.3. The third-order valence-electron chi connectivity index (χ3n) is 2.97. The van der Waals surface area contributed by atoms with Gasteiger partial charge in [0.1, 0.15) is 0 Å². The maximum absolute atomic E-state index is 5.48. The lowest BCUT2D eigenvalue weighted by molar-refractivity contribution is 0.390. The number of rotatable bonds is 9. The fourth-order valence-electron chi connectivity index (χ4n) is 2.04. The summed E-state index contributed by atoms with van der Waals surface area (Å²) < 4.78 is 7.56. The van der Waals surface area contributed by atoms with Gasteiger partial charge in [0.25, 0.3) is 0 Å². The summed E-state index contributed by atoms with van der Waals surface area (Å²) in [7, 11) is 1.72. The standard InChI is InChI=1S/C14H27N3OS/c1-6-8-15-12(10-19-7-2)14-13(18-5)9-16-17(14)11(3)4/h9,11-12,15H,6-8,10H2,1-5H3. The van der Waals surface area contributed by atoms with E-state index in [1.165, 1.54) is 5.69 Å². The molecule has 1 aromatic rings. The molecule has 0 radical (unpaired) electrons. The summed E-state index contributed by atoms with van der Waals surface area (Å²) in [5, 5.41) is 8.08. The summed E-state index contributed by atoms with van der Waals surface area (Å²) in [6.45, 7) is 9.70. The summed E-state index contributed by atoms with van der Waals surface area (Å²) in [5.41, 5.74) is 1.17. The minimum absolute atomic E-state index is 0.296. The first-order valence-corrected chi connectivity index (χ1v) is 8.23. The molecule has 1 aromatic heterocycles. The second-order valence-corrected chi connectivity index (χ2v) is 6.12. The fourth-order valence-corrected chi connectivity index (χ4v) is 2.79. The molecule has 110 valence electrons. The van der Waals surface area contributed by atoms with Crippen LogP contribution in [0.5, 0.6) is 5.75 Å². The van der Waals surface area contributed by atoms with Crippen LogP contribution in [0.1, 0.15) is 51.9 Å². The van der Waals surface area contributed by atoms with E-state index in [1.54, 1.807) is 7.11 Å². The van der Waals surface area contributed by atoms with Crippen LogP contribution in [0.3, 0.4) is 0 Å². The van der Waals surface area contributed by atoms with Crippen molar-refractivity contribution >= 4 is 11.8 Å². The van der Waals surface area contributed by atoms with Crippen molar-refractivity contribution in [2.75, 3.05) is 25.2 Å². The molecule has 5 heteroatoms. The van der Waals surface area contributed by atoms with E-state index in [9.17, 15) is 0 Å². The molecule has 4 nitrogen and oxygen atoms in total. The minimum atomic E-state index is 0.296. The highest BCUT2D eigenvalue weighted by atomic mass is 32.2. The van der Waals surface area contributed by atoms with Crippen molar-refractivity contribution in [3.8, 4) is 5.75 Å². The van der Waals surface area contributed by atoms with Gasteiger partial charge in [0.15, 0.2) is 5.75 Å². The molecule has 0 aliphatic rings. The molecule has 0 saturated heterocycles. The molecule has 0 aliphatic carbocycles. The van der Waals surface area contributed by atoms with E-state index < -0.39 is 0 Å². The molecule has 0 bridgehead atoms. The van der Waals surface area contributed by atoms with Gasteiger partial charge in [-0.15, -0.1) is 0 Å². The van der Waals surface area contributed by atoms with Crippen molar-refractivity contribution in [2.24, 2.45) is 0 Å². The summed E-state index contributed by atoms with van der Waals surface area (Å²) in [6.07, 6.45) is 2.96. The number of aromatic nitrogens is 2. The Kier molecular flexibility index (Phi) is 7.31. The number of ether oxygens (including phenoxy) is 1. The highest BCUT2D eigenvalue weighted by Crippen LogP contribution is 2.29. The van der Waals surface area contributed by atoms with Crippen LogP contribution < -0.4 is 10.1 Å². The summed E-state index contributed by atoms with van der Waals surface area (Å²) >= 11 is 1.95. The quantitative estimate of drug-likeness (QED) is 0.756. The van der Waals surface area contributed by atoms with Gasteiger partial charge in [0, 0.05) is 11.8 Å². The first-order valence-electron chi connectivity index (χ1n) is 7.08. The van der Waals surface area contributed by atoms with Crippen LogP contribution in [0, 0.1) is 0 Å². The topological polar surface area (TPSA) is 39.1 Å². The highest BCUT2D eigenvalue weighted by Gasteiger charge is 2.22. The predicted octanol–water partition coefficient (Wildman–Crippen LogP) is 3.27. The van der Waals surface area contributed by atoms with Crippen molar-refractivity contribution in [1.29, 1.82) is 0 Å². The SMILES string of the molecule is CCCNC(CSCC)c1c(OC)cnn1C(C)C. The summed E-state index contributed by atoms with van der Waals surface area (Å²) in [4.78, 5) is 0. The van der Waals surface area contributed by atoms with Crippen LogP contribution in [0.25, 0.3) is 0 Å². The Bertz CT molecular complexity index is 358. The fraction of sp³-hybridized carbons (Fsp3) is 0.786. The molecule has 0 amide bonds. The molecule has 1 N–H and O–H groups in total. The second-order valence-electron chi connectivity index (χ2n) is 4.80. The number of thioether (sulfide) groups is 1. The molecule has 19 heavy (non-hydrogen) atoms. The average molecular weight is 285 g/mol. The Hall–Kier alpha value is -0.680. The van der Waals surface area contributed by atoms with E-state index in [0.29, 0.717) is 12.1 Å². The second kappa shape index (κ2) is 8.48. The molecule has 1 heterocycles. The molecule has 0 saturated carbocycles. The molecule has 0 fully saturated rings. The van der Waals surface area contributed by atoms with Gasteiger partial charge < -0.3 is 10.1 Å². The van der Waals surface area contributed by atoms with Gasteiger partial charge in [0.2, 0.25) is 0 Å². The Morgan fingerprint density at radius 3 is 2.68 bits per heavy atom. The van der Waals surface area contributed by atoms with E-state index in [4.69, 9.17) is 4.74 Å². The smallest absolute Gasteiger partial charge is 0.161 e. The van der Waals surface area contributed by atoms with E-state index >= 15 is 0 Å². The van der Waals surface area contributed by atoms with E-state index in [0.717, 1.165) is 30.2 Å². The van der Waals surface area contributed by atoms with Crippen molar-refractivity contribution in [1.82, 2.24) is 15.1 Å². The normalized spacial score (nSPS) is 12.9. The third kappa shape index (κ3) is 4.42. The highest BCUT2D eigenvalue weighted by molar-refractivity contribution is 7.99. The van der Waals surface area contributed by atoms with Crippen LogP contribution in [-0.4, -0.2) is 34.9 Å². The van der Waals surface area contributed by atoms with E-state index in [2.05, 4.69) is 42.8 Å². The van der Waals surface area contributed by atoms with Crippen molar-refractivity contribution < 1.29 is 4.74 Å². The zero-order valence-corrected chi connectivity index (χ0v) is 13.6. The summed E-state index contributed by atoms with van der Waals surface area (Å²) in [6, 6.07) is 0.640. The van der Waals surface area contributed by atoms with Gasteiger partial charge in [-0.05, 0) is 32.6 Å². The zero-order valence-electron chi connectivity index (χ0n) is 12.8.